The lowest BCUT2D eigenvalue weighted by Gasteiger charge is -2.31. The predicted octanol–water partition coefficient (Wildman–Crippen LogP) is 2.11. The van der Waals surface area contributed by atoms with E-state index in [4.69, 9.17) is 8.94 Å². The van der Waals surface area contributed by atoms with Crippen LogP contribution in [-0.4, -0.2) is 49.0 Å². The number of carbonyl (C=O) groups is 1. The first-order valence-electron chi connectivity index (χ1n) is 8.42. The molecule has 0 N–H and O–H groups in total. The van der Waals surface area contributed by atoms with Gasteiger partial charge in [-0.3, -0.25) is 4.79 Å². The Bertz CT molecular complexity index is 911. The largest absolute Gasteiger partial charge is 0.465 e. The van der Waals surface area contributed by atoms with E-state index < -0.39 is 0 Å². The summed E-state index contributed by atoms with van der Waals surface area (Å²) in [5, 5.41) is 12.1. The van der Waals surface area contributed by atoms with E-state index in [0.717, 1.165) is 19.4 Å². The molecule has 9 nitrogen and oxygen atoms in total. The first-order valence-corrected chi connectivity index (χ1v) is 8.42. The molecule has 4 rings (SSSR count). The maximum absolute atomic E-state index is 12.4. The van der Waals surface area contributed by atoms with Gasteiger partial charge >= 0.3 is 0 Å². The van der Waals surface area contributed by atoms with Crippen LogP contribution in [-0.2, 0) is 4.79 Å². The topological polar surface area (TPSA) is 103 Å². The molecule has 1 atom stereocenters. The van der Waals surface area contributed by atoms with Gasteiger partial charge in [0.2, 0.25) is 17.6 Å². The molecule has 0 unspecified atom stereocenters. The average Bonchev–Trinajstić information content (AvgIpc) is 3.41. The smallest absolute Gasteiger partial charge is 0.246 e. The van der Waals surface area contributed by atoms with Gasteiger partial charge in [0.05, 0.1) is 18.5 Å². The van der Waals surface area contributed by atoms with Crippen molar-refractivity contribution in [3.8, 4) is 11.5 Å². The molecule has 0 radical (unpaired) electrons. The number of rotatable bonds is 4. The Labute approximate surface area is 149 Å². The van der Waals surface area contributed by atoms with E-state index in [0.29, 0.717) is 29.7 Å². The summed E-state index contributed by atoms with van der Waals surface area (Å²) in [5.74, 6) is 1.51. The van der Waals surface area contributed by atoms with Crippen LogP contribution in [0.15, 0.2) is 39.6 Å². The second-order valence-electron chi connectivity index (χ2n) is 6.15. The molecule has 1 saturated heterocycles. The summed E-state index contributed by atoms with van der Waals surface area (Å²) in [5.41, 5.74) is 0.558. The summed E-state index contributed by atoms with van der Waals surface area (Å²) >= 11 is 0. The summed E-state index contributed by atoms with van der Waals surface area (Å²) in [6.07, 6.45) is 8.42. The number of amides is 1. The molecular weight excluding hydrogens is 336 g/mol. The van der Waals surface area contributed by atoms with Crippen LogP contribution in [0, 0.1) is 6.92 Å². The van der Waals surface area contributed by atoms with Crippen LogP contribution in [0.4, 0.5) is 0 Å². The summed E-state index contributed by atoms with van der Waals surface area (Å²) in [6.45, 7) is 3.03. The minimum Gasteiger partial charge on any atom is -0.465 e. The van der Waals surface area contributed by atoms with Crippen molar-refractivity contribution < 1.29 is 13.7 Å². The Kier molecular flexibility index (Phi) is 4.34. The molecule has 0 aliphatic carbocycles. The van der Waals surface area contributed by atoms with Crippen molar-refractivity contribution in [3.63, 3.8) is 0 Å². The number of likely N-dealkylation sites (tertiary alicyclic amines) is 1. The second-order valence-corrected chi connectivity index (χ2v) is 6.15. The van der Waals surface area contributed by atoms with Gasteiger partial charge in [0.25, 0.3) is 0 Å². The van der Waals surface area contributed by atoms with Crippen LogP contribution in [0.1, 0.15) is 30.5 Å². The maximum atomic E-state index is 12.4. The number of hydrogen-bond donors (Lipinski definition) is 0. The van der Waals surface area contributed by atoms with E-state index in [1.165, 1.54) is 6.08 Å². The molecule has 134 valence electrons. The minimum atomic E-state index is -0.0415. The molecule has 1 fully saturated rings. The third-order valence-electron chi connectivity index (χ3n) is 4.28. The van der Waals surface area contributed by atoms with Crippen molar-refractivity contribution >= 4 is 12.0 Å². The van der Waals surface area contributed by atoms with Crippen molar-refractivity contribution in [2.24, 2.45) is 0 Å². The molecule has 4 heterocycles. The number of aromatic nitrogens is 5. The molecule has 0 spiro atoms. The van der Waals surface area contributed by atoms with Crippen molar-refractivity contribution in [2.75, 3.05) is 13.1 Å². The molecule has 0 aromatic carbocycles. The maximum Gasteiger partial charge on any atom is 0.246 e. The third kappa shape index (κ3) is 3.41. The van der Waals surface area contributed by atoms with Crippen LogP contribution < -0.4 is 0 Å². The number of furan rings is 1. The van der Waals surface area contributed by atoms with Gasteiger partial charge in [0.1, 0.15) is 5.76 Å². The number of piperidine rings is 1. The van der Waals surface area contributed by atoms with Crippen molar-refractivity contribution in [1.82, 2.24) is 30.0 Å². The van der Waals surface area contributed by atoms with Crippen LogP contribution in [0.3, 0.4) is 0 Å². The van der Waals surface area contributed by atoms with Gasteiger partial charge in [-0.25, -0.2) is 4.68 Å². The van der Waals surface area contributed by atoms with E-state index in [1.54, 1.807) is 42.3 Å². The Morgan fingerprint density at radius 1 is 1.42 bits per heavy atom. The number of aryl methyl sites for hydroxylation is 1. The monoisotopic (exact) mass is 354 g/mol. The van der Waals surface area contributed by atoms with Crippen LogP contribution in [0.5, 0.6) is 0 Å². The number of nitrogens with zero attached hydrogens (tertiary/aromatic N) is 6. The number of hydrogen-bond acceptors (Lipinski definition) is 7. The highest BCUT2D eigenvalue weighted by Crippen LogP contribution is 2.23. The quantitative estimate of drug-likeness (QED) is 0.661. The average molecular weight is 354 g/mol. The molecule has 9 heteroatoms. The lowest BCUT2D eigenvalue weighted by molar-refractivity contribution is -0.127. The summed E-state index contributed by atoms with van der Waals surface area (Å²) < 4.78 is 12.0. The molecular formula is C17H18N6O3. The lowest BCUT2D eigenvalue weighted by atomic mass is 10.1. The molecule has 3 aromatic heterocycles. The van der Waals surface area contributed by atoms with E-state index >= 15 is 0 Å². The Morgan fingerprint density at radius 3 is 3.12 bits per heavy atom. The molecule has 0 bridgehead atoms. The Balaban J connectivity index is 1.43. The second kappa shape index (κ2) is 6.95. The fourth-order valence-corrected chi connectivity index (χ4v) is 2.98. The zero-order valence-corrected chi connectivity index (χ0v) is 14.3. The highest BCUT2D eigenvalue weighted by Gasteiger charge is 2.25. The zero-order valence-electron chi connectivity index (χ0n) is 14.3. The van der Waals surface area contributed by atoms with Crippen LogP contribution >= 0.6 is 0 Å². The van der Waals surface area contributed by atoms with Crippen molar-refractivity contribution in [1.29, 1.82) is 0 Å². The standard InChI is InChI=1S/C17H18N6O3/c1-12-18-17(20-26-12)15-11-23(21-19-15)13-4-2-8-22(10-13)16(24)7-6-14-5-3-9-25-14/h3,5-7,9,11,13H,2,4,8,10H2,1H3/b7-6+/t13-/m1/s1. The SMILES string of the molecule is Cc1nc(-c2cn([C@@H]3CCCN(C(=O)/C=C/c4ccco4)C3)nn2)no1. The third-order valence-corrected chi connectivity index (χ3v) is 4.28. The molecule has 26 heavy (non-hydrogen) atoms. The van der Waals surface area contributed by atoms with E-state index in [9.17, 15) is 4.79 Å². The lowest BCUT2D eigenvalue weighted by Crippen LogP contribution is -2.40. The predicted molar refractivity (Wildman–Crippen MR) is 90.6 cm³/mol. The van der Waals surface area contributed by atoms with Gasteiger partial charge < -0.3 is 13.8 Å². The summed E-state index contributed by atoms with van der Waals surface area (Å²) in [4.78, 5) is 18.4. The zero-order chi connectivity index (χ0) is 17.9. The Hall–Kier alpha value is -3.23. The van der Waals surface area contributed by atoms with Crippen molar-refractivity contribution in [2.45, 2.75) is 25.8 Å². The highest BCUT2D eigenvalue weighted by atomic mass is 16.5. The Morgan fingerprint density at radius 2 is 2.35 bits per heavy atom. The first kappa shape index (κ1) is 16.2. The fraction of sp³-hybridized carbons (Fsp3) is 0.353. The normalized spacial score (nSPS) is 17.9. The molecule has 1 aliphatic heterocycles. The van der Waals surface area contributed by atoms with Gasteiger partial charge in [0, 0.05) is 26.1 Å². The fourth-order valence-electron chi connectivity index (χ4n) is 2.98. The van der Waals surface area contributed by atoms with Gasteiger partial charge in [-0.2, -0.15) is 4.98 Å². The highest BCUT2D eigenvalue weighted by molar-refractivity contribution is 5.91. The minimum absolute atomic E-state index is 0.0415. The number of carbonyl (C=O) groups excluding carboxylic acids is 1. The van der Waals surface area contributed by atoms with E-state index in [2.05, 4.69) is 20.5 Å². The van der Waals surface area contributed by atoms with Gasteiger partial charge in [-0.15, -0.1) is 5.10 Å². The van der Waals surface area contributed by atoms with Crippen LogP contribution in [0.25, 0.3) is 17.6 Å². The van der Waals surface area contributed by atoms with Gasteiger partial charge in [-0.1, -0.05) is 10.4 Å². The van der Waals surface area contributed by atoms with Crippen LogP contribution in [0.2, 0.25) is 0 Å². The van der Waals surface area contributed by atoms with Gasteiger partial charge in [-0.05, 0) is 31.1 Å². The van der Waals surface area contributed by atoms with E-state index in [1.807, 2.05) is 4.90 Å². The first-order chi connectivity index (χ1) is 12.7. The van der Waals surface area contributed by atoms with Gasteiger partial charge in [0.15, 0.2) is 5.69 Å². The molecule has 1 aliphatic rings. The summed E-state index contributed by atoms with van der Waals surface area (Å²) in [6, 6.07) is 3.66. The van der Waals surface area contributed by atoms with E-state index in [-0.39, 0.29) is 11.9 Å². The molecule has 1 amide bonds. The molecule has 3 aromatic rings. The molecule has 0 saturated carbocycles. The summed E-state index contributed by atoms with van der Waals surface area (Å²) in [7, 11) is 0. The van der Waals surface area contributed by atoms with Crippen molar-refractivity contribution in [3.05, 3.63) is 42.3 Å².